The van der Waals surface area contributed by atoms with E-state index in [1.807, 2.05) is 20.8 Å². The van der Waals surface area contributed by atoms with Crippen molar-refractivity contribution in [3.63, 3.8) is 0 Å². The predicted molar refractivity (Wildman–Crippen MR) is 63.9 cm³/mol. The fourth-order valence-electron chi connectivity index (χ4n) is 1.59. The Balaban J connectivity index is 2.19. The topological polar surface area (TPSA) is 62.7 Å². The number of rotatable bonds is 2. The highest BCUT2D eigenvalue weighted by molar-refractivity contribution is 7.13. The zero-order chi connectivity index (χ0) is 12.6. The van der Waals surface area contributed by atoms with Crippen molar-refractivity contribution in [3.8, 4) is 0 Å². The van der Waals surface area contributed by atoms with Gasteiger partial charge in [-0.3, -0.25) is 9.63 Å². The van der Waals surface area contributed by atoms with Crippen LogP contribution in [0.2, 0.25) is 0 Å². The van der Waals surface area contributed by atoms with E-state index in [1.165, 1.54) is 16.4 Å². The number of aromatic nitrogens is 1. The second-order valence-electron chi connectivity index (χ2n) is 4.44. The second-order valence-corrected chi connectivity index (χ2v) is 5.47. The first-order chi connectivity index (χ1) is 7.99. The van der Waals surface area contributed by atoms with Crippen molar-refractivity contribution < 1.29 is 14.7 Å². The summed E-state index contributed by atoms with van der Waals surface area (Å²) in [6, 6.07) is 0. The van der Waals surface area contributed by atoms with Crippen LogP contribution < -0.4 is 0 Å². The largest absolute Gasteiger partial charge is 0.389 e. The molecule has 1 N–H and O–H groups in total. The van der Waals surface area contributed by atoms with Crippen LogP contribution in [0.25, 0.3) is 0 Å². The third-order valence-electron chi connectivity index (χ3n) is 2.53. The standard InChI is InChI=1S/C11H16N2O3S/c1-6(2)10-12-7(3)9(17-10)11(15)13-4-8(14)5-16-13/h6,8,14H,4-5H2,1-3H3/t8-/m0/s1. The minimum atomic E-state index is -0.586. The normalized spacial score (nSPS) is 20.3. The van der Waals surface area contributed by atoms with Gasteiger partial charge in [-0.2, -0.15) is 0 Å². The van der Waals surface area contributed by atoms with Gasteiger partial charge >= 0.3 is 0 Å². The molecule has 0 spiro atoms. The zero-order valence-corrected chi connectivity index (χ0v) is 11.0. The molecule has 2 heterocycles. The average molecular weight is 256 g/mol. The smallest absolute Gasteiger partial charge is 0.289 e. The molecule has 0 saturated carbocycles. The quantitative estimate of drug-likeness (QED) is 0.867. The van der Waals surface area contributed by atoms with Crippen LogP contribution in [-0.2, 0) is 4.84 Å². The molecule has 0 radical (unpaired) electrons. The number of thiazole rings is 1. The number of nitrogens with zero attached hydrogens (tertiary/aromatic N) is 2. The van der Waals surface area contributed by atoms with E-state index in [-0.39, 0.29) is 19.1 Å². The summed E-state index contributed by atoms with van der Waals surface area (Å²) >= 11 is 1.40. The summed E-state index contributed by atoms with van der Waals surface area (Å²) in [4.78, 5) is 22.2. The number of amides is 1. The van der Waals surface area contributed by atoms with Crippen molar-refractivity contribution in [2.24, 2.45) is 0 Å². The van der Waals surface area contributed by atoms with Gasteiger partial charge in [0.1, 0.15) is 17.6 Å². The van der Waals surface area contributed by atoms with Gasteiger partial charge in [0.25, 0.3) is 5.91 Å². The Morgan fingerprint density at radius 3 is 2.82 bits per heavy atom. The molecule has 1 aliphatic heterocycles. The monoisotopic (exact) mass is 256 g/mol. The maximum Gasteiger partial charge on any atom is 0.289 e. The van der Waals surface area contributed by atoms with Gasteiger partial charge in [0, 0.05) is 5.92 Å². The average Bonchev–Trinajstić information content (AvgIpc) is 2.84. The van der Waals surface area contributed by atoms with Crippen molar-refractivity contribution in [2.75, 3.05) is 13.2 Å². The fourth-order valence-corrected chi connectivity index (χ4v) is 2.60. The molecule has 1 saturated heterocycles. The SMILES string of the molecule is Cc1nc(C(C)C)sc1C(=O)N1C[C@H](O)CO1. The Labute approximate surface area is 104 Å². The number of hydrogen-bond donors (Lipinski definition) is 1. The summed E-state index contributed by atoms with van der Waals surface area (Å²) in [5.41, 5.74) is 0.730. The summed E-state index contributed by atoms with van der Waals surface area (Å²) in [6.45, 7) is 6.32. The van der Waals surface area contributed by atoms with E-state index in [2.05, 4.69) is 4.98 Å². The molecule has 17 heavy (non-hydrogen) atoms. The Kier molecular flexibility index (Phi) is 3.46. The molecule has 1 atom stereocenters. The van der Waals surface area contributed by atoms with Crippen LogP contribution in [0.15, 0.2) is 0 Å². The molecule has 0 aromatic carbocycles. The molecular weight excluding hydrogens is 240 g/mol. The van der Waals surface area contributed by atoms with E-state index in [4.69, 9.17) is 4.84 Å². The van der Waals surface area contributed by atoms with Gasteiger partial charge in [-0.15, -0.1) is 11.3 Å². The first-order valence-electron chi connectivity index (χ1n) is 5.59. The molecule has 1 aromatic heterocycles. The highest BCUT2D eigenvalue weighted by atomic mass is 32.1. The third-order valence-corrected chi connectivity index (χ3v) is 3.97. The maximum absolute atomic E-state index is 12.1. The number of hydrogen-bond acceptors (Lipinski definition) is 5. The Morgan fingerprint density at radius 1 is 1.65 bits per heavy atom. The molecule has 1 aromatic rings. The van der Waals surface area contributed by atoms with Crippen LogP contribution in [-0.4, -0.2) is 40.3 Å². The summed E-state index contributed by atoms with van der Waals surface area (Å²) in [5.74, 6) is 0.105. The van der Waals surface area contributed by atoms with E-state index < -0.39 is 6.10 Å². The fraction of sp³-hybridized carbons (Fsp3) is 0.636. The number of hydroxylamine groups is 2. The van der Waals surface area contributed by atoms with Gasteiger partial charge in [0.2, 0.25) is 0 Å². The minimum absolute atomic E-state index is 0.181. The van der Waals surface area contributed by atoms with Crippen LogP contribution in [0, 0.1) is 6.92 Å². The van der Waals surface area contributed by atoms with Crippen LogP contribution in [0.5, 0.6) is 0 Å². The van der Waals surface area contributed by atoms with Crippen molar-refractivity contribution >= 4 is 17.2 Å². The van der Waals surface area contributed by atoms with E-state index in [0.717, 1.165) is 10.7 Å². The van der Waals surface area contributed by atoms with Crippen molar-refractivity contribution in [2.45, 2.75) is 32.8 Å². The molecular formula is C11H16N2O3S. The Bertz CT molecular complexity index is 430. The number of carbonyl (C=O) groups excluding carboxylic acids is 1. The first-order valence-corrected chi connectivity index (χ1v) is 6.41. The predicted octanol–water partition coefficient (Wildman–Crippen LogP) is 1.32. The van der Waals surface area contributed by atoms with Gasteiger partial charge in [-0.05, 0) is 6.92 Å². The molecule has 1 aliphatic rings. The molecule has 0 aliphatic carbocycles. The van der Waals surface area contributed by atoms with Crippen molar-refractivity contribution in [1.82, 2.24) is 10.0 Å². The second kappa shape index (κ2) is 4.72. The van der Waals surface area contributed by atoms with Gasteiger partial charge in [0.15, 0.2) is 0 Å². The lowest BCUT2D eigenvalue weighted by Gasteiger charge is -2.12. The zero-order valence-electron chi connectivity index (χ0n) is 10.1. The minimum Gasteiger partial charge on any atom is -0.389 e. The molecule has 1 fully saturated rings. The number of carbonyl (C=O) groups is 1. The van der Waals surface area contributed by atoms with E-state index in [9.17, 15) is 9.90 Å². The van der Waals surface area contributed by atoms with Gasteiger partial charge < -0.3 is 5.11 Å². The Morgan fingerprint density at radius 2 is 2.35 bits per heavy atom. The van der Waals surface area contributed by atoms with Gasteiger partial charge in [-0.1, -0.05) is 13.8 Å². The number of β-amino-alcohol motifs (C(OH)–C–C–N with tert-alkyl or cyclic N) is 1. The lowest BCUT2D eigenvalue weighted by Crippen LogP contribution is -2.28. The maximum atomic E-state index is 12.1. The summed E-state index contributed by atoms with van der Waals surface area (Å²) in [7, 11) is 0. The number of aryl methyl sites for hydroxylation is 1. The molecule has 0 unspecified atom stereocenters. The van der Waals surface area contributed by atoms with Gasteiger partial charge in [0.05, 0.1) is 17.2 Å². The Hall–Kier alpha value is -0.980. The van der Waals surface area contributed by atoms with E-state index in [0.29, 0.717) is 10.8 Å². The van der Waals surface area contributed by atoms with Crippen LogP contribution in [0.3, 0.4) is 0 Å². The first kappa shape index (κ1) is 12.5. The molecule has 5 nitrogen and oxygen atoms in total. The van der Waals surface area contributed by atoms with Gasteiger partial charge in [-0.25, -0.2) is 10.0 Å². The molecule has 1 amide bonds. The highest BCUT2D eigenvalue weighted by Crippen LogP contribution is 2.26. The lowest BCUT2D eigenvalue weighted by atomic mass is 10.2. The molecule has 0 bridgehead atoms. The van der Waals surface area contributed by atoms with Crippen LogP contribution in [0.4, 0.5) is 0 Å². The van der Waals surface area contributed by atoms with Crippen molar-refractivity contribution in [3.05, 3.63) is 15.6 Å². The lowest BCUT2D eigenvalue weighted by molar-refractivity contribution is -0.0777. The number of aliphatic hydroxyl groups excluding tert-OH is 1. The third kappa shape index (κ3) is 2.48. The molecule has 6 heteroatoms. The van der Waals surface area contributed by atoms with Crippen molar-refractivity contribution in [1.29, 1.82) is 0 Å². The van der Waals surface area contributed by atoms with Crippen LogP contribution >= 0.6 is 11.3 Å². The number of aliphatic hydroxyl groups is 1. The van der Waals surface area contributed by atoms with E-state index >= 15 is 0 Å². The summed E-state index contributed by atoms with van der Waals surface area (Å²) in [6.07, 6.45) is -0.586. The highest BCUT2D eigenvalue weighted by Gasteiger charge is 2.29. The van der Waals surface area contributed by atoms with Crippen LogP contribution in [0.1, 0.15) is 40.1 Å². The molecule has 2 rings (SSSR count). The summed E-state index contributed by atoms with van der Waals surface area (Å²) < 4.78 is 0. The summed E-state index contributed by atoms with van der Waals surface area (Å²) in [5, 5.41) is 11.5. The molecule has 94 valence electrons. The van der Waals surface area contributed by atoms with E-state index in [1.54, 1.807) is 0 Å².